The summed E-state index contributed by atoms with van der Waals surface area (Å²) >= 11 is 1.83. The molecular formula is C23H33N3O2S. The molecule has 1 atom stereocenters. The quantitative estimate of drug-likeness (QED) is 0.593. The van der Waals surface area contributed by atoms with Crippen LogP contribution in [-0.4, -0.2) is 30.9 Å². The average molecular weight is 416 g/mol. The largest absolute Gasteiger partial charge is 0.507 e. The maximum Gasteiger partial charge on any atom is 0.123 e. The summed E-state index contributed by atoms with van der Waals surface area (Å²) < 4.78 is 2.19. The molecule has 0 fully saturated rings. The lowest BCUT2D eigenvalue weighted by Crippen LogP contribution is -2.17. The predicted molar refractivity (Wildman–Crippen MR) is 121 cm³/mol. The van der Waals surface area contributed by atoms with Crippen LogP contribution in [0.3, 0.4) is 0 Å². The molecule has 0 saturated carbocycles. The van der Waals surface area contributed by atoms with E-state index in [-0.39, 0.29) is 16.3 Å². The zero-order valence-corrected chi connectivity index (χ0v) is 19.3. The van der Waals surface area contributed by atoms with Gasteiger partial charge < -0.3 is 15.1 Å². The van der Waals surface area contributed by atoms with Gasteiger partial charge in [-0.1, -0.05) is 41.5 Å². The molecule has 0 spiro atoms. The van der Waals surface area contributed by atoms with Crippen molar-refractivity contribution in [1.82, 2.24) is 14.5 Å². The van der Waals surface area contributed by atoms with Crippen LogP contribution in [0.15, 0.2) is 41.8 Å². The molecule has 1 aromatic rings. The van der Waals surface area contributed by atoms with E-state index in [9.17, 15) is 5.11 Å². The monoisotopic (exact) mass is 415 g/mol. The van der Waals surface area contributed by atoms with Crippen molar-refractivity contribution in [3.8, 4) is 17.1 Å². The van der Waals surface area contributed by atoms with E-state index in [1.165, 1.54) is 4.90 Å². The van der Waals surface area contributed by atoms with Gasteiger partial charge in [0.2, 0.25) is 0 Å². The number of aromatic nitrogens is 3. The number of rotatable bonds is 4. The van der Waals surface area contributed by atoms with Gasteiger partial charge in [0.1, 0.15) is 17.8 Å². The van der Waals surface area contributed by atoms with Crippen LogP contribution in [0.1, 0.15) is 65.6 Å². The Morgan fingerprint density at radius 2 is 1.55 bits per heavy atom. The van der Waals surface area contributed by atoms with Crippen molar-refractivity contribution < 1.29 is 10.6 Å². The fourth-order valence-corrected chi connectivity index (χ4v) is 4.27. The smallest absolute Gasteiger partial charge is 0.123 e. The molecule has 0 saturated heterocycles. The molecule has 2 aliphatic rings. The third kappa shape index (κ3) is 5.11. The predicted octanol–water partition coefficient (Wildman–Crippen LogP) is 5.21. The molecule has 5 nitrogen and oxygen atoms in total. The second-order valence-corrected chi connectivity index (χ2v) is 10.7. The van der Waals surface area contributed by atoms with E-state index in [4.69, 9.17) is 0 Å². The van der Waals surface area contributed by atoms with Crippen molar-refractivity contribution in [1.29, 1.82) is 0 Å². The van der Waals surface area contributed by atoms with Gasteiger partial charge in [0.25, 0.3) is 0 Å². The van der Waals surface area contributed by atoms with Crippen LogP contribution in [-0.2, 0) is 10.8 Å². The Labute approximate surface area is 178 Å². The number of nitrogens with zero attached hydrogens (tertiary/aromatic N) is 3. The average Bonchev–Trinajstić information content (AvgIpc) is 3.06. The molecule has 3 N–H and O–H groups in total. The molecule has 1 unspecified atom stereocenters. The van der Waals surface area contributed by atoms with Crippen molar-refractivity contribution >= 4 is 11.8 Å². The van der Waals surface area contributed by atoms with Gasteiger partial charge in [0, 0.05) is 40.2 Å². The minimum absolute atomic E-state index is 0. The normalized spacial score (nSPS) is 13.3. The van der Waals surface area contributed by atoms with Gasteiger partial charge in [0.15, 0.2) is 0 Å². The molecule has 2 aliphatic heterocycles. The minimum atomic E-state index is -0.109. The number of thioether (sulfide) groups is 1. The maximum absolute atomic E-state index is 10.9. The maximum atomic E-state index is 10.9. The van der Waals surface area contributed by atoms with Crippen molar-refractivity contribution in [2.24, 2.45) is 0 Å². The van der Waals surface area contributed by atoms with Crippen molar-refractivity contribution in [2.45, 2.75) is 70.2 Å². The van der Waals surface area contributed by atoms with Gasteiger partial charge in [-0.05, 0) is 36.0 Å². The summed E-state index contributed by atoms with van der Waals surface area (Å²) in [5.41, 5.74) is 3.66. The molecule has 0 radical (unpaired) electrons. The van der Waals surface area contributed by atoms with Crippen LogP contribution < -0.4 is 0 Å². The van der Waals surface area contributed by atoms with Crippen LogP contribution in [0, 0.1) is 0 Å². The van der Waals surface area contributed by atoms with Crippen LogP contribution in [0.4, 0.5) is 0 Å². The first kappa shape index (κ1) is 23.2. The van der Waals surface area contributed by atoms with Gasteiger partial charge in [-0.15, -0.1) is 11.8 Å². The van der Waals surface area contributed by atoms with Crippen molar-refractivity contribution in [3.63, 3.8) is 0 Å². The highest BCUT2D eigenvalue weighted by Crippen LogP contribution is 2.42. The number of benzene rings is 1. The first-order valence-electron chi connectivity index (χ1n) is 9.76. The number of hydrogen-bond acceptors (Lipinski definition) is 4. The summed E-state index contributed by atoms with van der Waals surface area (Å²) in [6.07, 6.45) is 5.73. The van der Waals surface area contributed by atoms with E-state index in [0.29, 0.717) is 11.8 Å². The molecule has 1 aromatic carbocycles. The van der Waals surface area contributed by atoms with Gasteiger partial charge >= 0.3 is 0 Å². The third-order valence-corrected chi connectivity index (χ3v) is 6.25. The number of imidazole rings is 1. The van der Waals surface area contributed by atoms with E-state index in [1.54, 1.807) is 6.33 Å². The van der Waals surface area contributed by atoms with E-state index in [2.05, 4.69) is 87.5 Å². The topological polar surface area (TPSA) is 82.4 Å². The van der Waals surface area contributed by atoms with Crippen LogP contribution >= 0.6 is 11.8 Å². The van der Waals surface area contributed by atoms with Gasteiger partial charge in [0.05, 0.1) is 5.69 Å². The Hall–Kier alpha value is -2.05. The molecule has 0 aliphatic carbocycles. The summed E-state index contributed by atoms with van der Waals surface area (Å²) in [6, 6.07) is 6.63. The first-order valence-corrected chi connectivity index (χ1v) is 10.7. The summed E-state index contributed by atoms with van der Waals surface area (Å²) in [7, 11) is 0. The highest BCUT2D eigenvalue weighted by Gasteiger charge is 2.26. The molecule has 158 valence electrons. The highest BCUT2D eigenvalue weighted by molar-refractivity contribution is 7.99. The second kappa shape index (κ2) is 8.36. The number of phenols is 1. The van der Waals surface area contributed by atoms with Gasteiger partial charge in [-0.25, -0.2) is 9.97 Å². The van der Waals surface area contributed by atoms with E-state index in [1.807, 2.05) is 17.8 Å². The van der Waals surface area contributed by atoms with E-state index >= 15 is 0 Å². The Morgan fingerprint density at radius 3 is 2.10 bits per heavy atom. The van der Waals surface area contributed by atoms with Crippen LogP contribution in [0.25, 0.3) is 11.4 Å². The zero-order valence-electron chi connectivity index (χ0n) is 18.4. The van der Waals surface area contributed by atoms with E-state index < -0.39 is 0 Å². The zero-order chi connectivity index (χ0) is 20.7. The number of hydrogen-bond donors (Lipinski definition) is 1. The molecule has 2 heterocycles. The number of phenolic OH excluding ortho intramolecular Hbond substituents is 1. The number of pyridine rings is 1. The van der Waals surface area contributed by atoms with Gasteiger partial charge in [-0.2, -0.15) is 0 Å². The molecule has 0 amide bonds. The second-order valence-electron chi connectivity index (χ2n) is 9.56. The molecular weight excluding hydrogens is 382 g/mol. The summed E-state index contributed by atoms with van der Waals surface area (Å²) in [6.45, 7) is 15.1. The summed E-state index contributed by atoms with van der Waals surface area (Å²) in [5.74, 6) is 1.37. The standard InChI is InChI=1S/C23H31N3OS.H2O/c1-15(26-9-8-19-20(12-26)25-14-24-19)13-28-16-10-17(22(2,3)4)21(27)18(11-16)23(5,6)7;/h8-12,14-15,27H,13H2,1-7H3;1H2. The molecule has 0 aromatic heterocycles. The molecule has 6 heteroatoms. The third-order valence-electron chi connectivity index (χ3n) is 5.03. The molecule has 0 bridgehead atoms. The van der Waals surface area contributed by atoms with E-state index in [0.717, 1.165) is 28.3 Å². The summed E-state index contributed by atoms with van der Waals surface area (Å²) in [5, 5.41) is 10.9. The lowest BCUT2D eigenvalue weighted by molar-refractivity contribution is 0.422. The number of aromatic hydroxyl groups is 1. The Bertz CT molecular complexity index is 903. The van der Waals surface area contributed by atoms with Crippen molar-refractivity contribution in [2.75, 3.05) is 5.75 Å². The Kier molecular flexibility index (Phi) is 6.70. The Balaban J connectivity index is 0.00000300. The van der Waals surface area contributed by atoms with Gasteiger partial charge in [-0.3, -0.25) is 0 Å². The lowest BCUT2D eigenvalue weighted by atomic mass is 9.79. The fourth-order valence-electron chi connectivity index (χ4n) is 3.27. The number of fused-ring (bicyclic) bond motifs is 1. The van der Waals surface area contributed by atoms with Crippen LogP contribution in [0.5, 0.6) is 5.75 Å². The SMILES string of the molecule is CC(CSc1cc(C(C)(C)C)c(O)c(C(C)(C)C)c1)n1ccc2ncnc-2c1.O. The molecule has 29 heavy (non-hydrogen) atoms. The summed E-state index contributed by atoms with van der Waals surface area (Å²) in [4.78, 5) is 9.74. The first-order chi connectivity index (χ1) is 13.0. The van der Waals surface area contributed by atoms with Crippen molar-refractivity contribution in [3.05, 3.63) is 48.0 Å². The fraction of sp³-hybridized carbons (Fsp3) is 0.478. The minimum Gasteiger partial charge on any atom is -0.507 e. The Morgan fingerprint density at radius 1 is 1.00 bits per heavy atom. The molecule has 3 rings (SSSR count). The van der Waals surface area contributed by atoms with Crippen LogP contribution in [0.2, 0.25) is 0 Å². The highest BCUT2D eigenvalue weighted by atomic mass is 32.2. The lowest BCUT2D eigenvalue weighted by Gasteiger charge is -2.28.